The van der Waals surface area contributed by atoms with Crippen LogP contribution in [-0.2, 0) is 9.59 Å². The number of halogens is 1. The zero-order chi connectivity index (χ0) is 22.3. The van der Waals surface area contributed by atoms with Crippen molar-refractivity contribution in [3.63, 3.8) is 0 Å². The maximum absolute atomic E-state index is 13.1. The highest BCUT2D eigenvalue weighted by atomic mass is 35.5. The summed E-state index contributed by atoms with van der Waals surface area (Å²) in [6.45, 7) is 4.54. The van der Waals surface area contributed by atoms with Gasteiger partial charge < -0.3 is 26.0 Å². The first-order valence-corrected chi connectivity index (χ1v) is 11.2. The Bertz CT molecular complexity index is 809. The second-order valence-electron chi connectivity index (χ2n) is 8.54. The number of rotatable bonds is 1. The SMILES string of the molecule is Cc1ccc2c(c1)OCCCNC(=O)C1(CCCCNC2=O)CCN(C(=O)CN)CC1.Cl. The number of aryl methyl sites for hydroxylation is 1. The molecule has 0 atom stereocenters. The number of piperidine rings is 1. The van der Waals surface area contributed by atoms with Gasteiger partial charge in [0.2, 0.25) is 11.8 Å². The van der Waals surface area contributed by atoms with Crippen LogP contribution in [0.2, 0.25) is 0 Å². The lowest BCUT2D eigenvalue weighted by Crippen LogP contribution is -2.51. The minimum absolute atomic E-state index is 0. The van der Waals surface area contributed by atoms with Crippen LogP contribution in [0.25, 0.3) is 0 Å². The molecule has 2 heterocycles. The third-order valence-corrected chi connectivity index (χ3v) is 6.34. The molecular formula is C23H35ClN4O4. The van der Waals surface area contributed by atoms with Crippen LogP contribution in [0.5, 0.6) is 5.75 Å². The summed E-state index contributed by atoms with van der Waals surface area (Å²) in [6, 6.07) is 5.57. The van der Waals surface area contributed by atoms with Gasteiger partial charge in [-0.05, 0) is 56.7 Å². The summed E-state index contributed by atoms with van der Waals surface area (Å²) >= 11 is 0. The van der Waals surface area contributed by atoms with Crippen molar-refractivity contribution in [1.82, 2.24) is 15.5 Å². The normalized spacial score (nSPS) is 19.9. The molecule has 0 saturated carbocycles. The van der Waals surface area contributed by atoms with E-state index in [1.807, 2.05) is 19.1 Å². The molecule has 0 aromatic heterocycles. The summed E-state index contributed by atoms with van der Waals surface area (Å²) in [7, 11) is 0. The van der Waals surface area contributed by atoms with E-state index in [1.54, 1.807) is 11.0 Å². The van der Waals surface area contributed by atoms with E-state index in [9.17, 15) is 14.4 Å². The minimum Gasteiger partial charge on any atom is -0.493 e. The van der Waals surface area contributed by atoms with Crippen molar-refractivity contribution in [2.75, 3.05) is 39.3 Å². The molecule has 1 aromatic rings. The second kappa shape index (κ2) is 12.1. The quantitative estimate of drug-likeness (QED) is 0.583. The van der Waals surface area contributed by atoms with Crippen LogP contribution in [0.4, 0.5) is 0 Å². The van der Waals surface area contributed by atoms with Crippen molar-refractivity contribution in [3.05, 3.63) is 29.3 Å². The summed E-state index contributed by atoms with van der Waals surface area (Å²) in [6.07, 6.45) is 4.28. The highest BCUT2D eigenvalue weighted by Gasteiger charge is 2.41. The van der Waals surface area contributed by atoms with Crippen LogP contribution < -0.4 is 21.1 Å². The Morgan fingerprint density at radius 1 is 1.09 bits per heavy atom. The van der Waals surface area contributed by atoms with E-state index in [0.717, 1.165) is 24.8 Å². The van der Waals surface area contributed by atoms with E-state index >= 15 is 0 Å². The molecule has 1 saturated heterocycles. The van der Waals surface area contributed by atoms with Crippen LogP contribution in [0.3, 0.4) is 0 Å². The molecular weight excluding hydrogens is 432 g/mol. The average molecular weight is 467 g/mol. The van der Waals surface area contributed by atoms with Gasteiger partial charge in [0.1, 0.15) is 5.75 Å². The molecule has 3 rings (SSSR count). The predicted molar refractivity (Wildman–Crippen MR) is 125 cm³/mol. The monoisotopic (exact) mass is 466 g/mol. The predicted octanol–water partition coefficient (Wildman–Crippen LogP) is 1.78. The molecule has 2 aliphatic heterocycles. The molecule has 1 spiro atoms. The fourth-order valence-electron chi connectivity index (χ4n) is 4.37. The van der Waals surface area contributed by atoms with Gasteiger partial charge in [0.25, 0.3) is 5.91 Å². The third kappa shape index (κ3) is 6.36. The zero-order valence-electron chi connectivity index (χ0n) is 18.8. The van der Waals surface area contributed by atoms with Crippen LogP contribution in [-0.4, -0.2) is 62.0 Å². The van der Waals surface area contributed by atoms with E-state index in [4.69, 9.17) is 10.5 Å². The minimum atomic E-state index is -0.476. The standard InChI is InChI=1S/C23H34N4O4.ClH/c1-17-5-6-18-19(15-17)31-14-4-11-26-22(30)23(7-2-3-10-25-21(18)29)8-12-27(13-9-23)20(28)16-24;/h5-6,15H,2-4,7-14,16,24H2,1H3,(H,25,29)(H,26,30);1H. The Labute approximate surface area is 196 Å². The van der Waals surface area contributed by atoms with Gasteiger partial charge in [-0.2, -0.15) is 0 Å². The molecule has 9 heteroatoms. The Morgan fingerprint density at radius 3 is 2.53 bits per heavy atom. The zero-order valence-corrected chi connectivity index (χ0v) is 19.6. The Kier molecular flexibility index (Phi) is 9.78. The summed E-state index contributed by atoms with van der Waals surface area (Å²) in [4.78, 5) is 39.4. The molecule has 0 bridgehead atoms. The number of fused-ring (bicyclic) bond motifs is 1. The lowest BCUT2D eigenvalue weighted by molar-refractivity contribution is -0.140. The Hall–Kier alpha value is -2.32. The van der Waals surface area contributed by atoms with E-state index in [-0.39, 0.29) is 36.7 Å². The summed E-state index contributed by atoms with van der Waals surface area (Å²) in [5.41, 5.74) is 6.58. The average Bonchev–Trinajstić information content (AvgIpc) is 2.78. The van der Waals surface area contributed by atoms with Crippen molar-refractivity contribution in [2.45, 2.75) is 45.4 Å². The van der Waals surface area contributed by atoms with Crippen LogP contribution in [0, 0.1) is 12.3 Å². The maximum Gasteiger partial charge on any atom is 0.255 e. The van der Waals surface area contributed by atoms with E-state index in [2.05, 4.69) is 10.6 Å². The molecule has 3 amide bonds. The number of nitrogens with two attached hydrogens (primary N) is 1. The number of carbonyl (C=O) groups is 3. The lowest BCUT2D eigenvalue weighted by atomic mass is 9.73. The van der Waals surface area contributed by atoms with Gasteiger partial charge in [-0.25, -0.2) is 0 Å². The topological polar surface area (TPSA) is 114 Å². The fourth-order valence-corrected chi connectivity index (χ4v) is 4.37. The largest absolute Gasteiger partial charge is 0.493 e. The maximum atomic E-state index is 13.1. The molecule has 0 aliphatic carbocycles. The number of likely N-dealkylation sites (tertiary alicyclic amines) is 1. The first-order chi connectivity index (χ1) is 14.9. The molecule has 1 fully saturated rings. The second-order valence-corrected chi connectivity index (χ2v) is 8.54. The first kappa shape index (κ1) is 25.9. The molecule has 2 aliphatic rings. The Balaban J connectivity index is 0.00000363. The van der Waals surface area contributed by atoms with Crippen LogP contribution in [0.1, 0.15) is 54.4 Å². The van der Waals surface area contributed by atoms with E-state index in [0.29, 0.717) is 63.4 Å². The summed E-state index contributed by atoms with van der Waals surface area (Å²) < 4.78 is 5.87. The van der Waals surface area contributed by atoms with Gasteiger partial charge >= 0.3 is 0 Å². The third-order valence-electron chi connectivity index (χ3n) is 6.34. The van der Waals surface area contributed by atoms with Gasteiger partial charge in [-0.1, -0.05) is 12.5 Å². The number of carbonyl (C=O) groups excluding carboxylic acids is 3. The highest BCUT2D eigenvalue weighted by molar-refractivity contribution is 5.97. The van der Waals surface area contributed by atoms with Gasteiger partial charge in [0, 0.05) is 26.2 Å². The number of hydrogen-bond donors (Lipinski definition) is 3. The summed E-state index contributed by atoms with van der Waals surface area (Å²) in [5, 5.41) is 6.06. The smallest absolute Gasteiger partial charge is 0.255 e. The van der Waals surface area contributed by atoms with Gasteiger partial charge in [-0.3, -0.25) is 14.4 Å². The van der Waals surface area contributed by atoms with Gasteiger partial charge in [-0.15, -0.1) is 12.4 Å². The van der Waals surface area contributed by atoms with Crippen molar-refractivity contribution < 1.29 is 19.1 Å². The molecule has 178 valence electrons. The molecule has 32 heavy (non-hydrogen) atoms. The molecule has 0 radical (unpaired) electrons. The number of hydrogen-bond acceptors (Lipinski definition) is 5. The Morgan fingerprint density at radius 2 is 1.81 bits per heavy atom. The molecule has 4 N–H and O–H groups in total. The van der Waals surface area contributed by atoms with Gasteiger partial charge in [0.15, 0.2) is 0 Å². The highest BCUT2D eigenvalue weighted by Crippen LogP contribution is 2.37. The van der Waals surface area contributed by atoms with E-state index < -0.39 is 5.41 Å². The number of ether oxygens (including phenoxy) is 1. The van der Waals surface area contributed by atoms with Gasteiger partial charge in [0.05, 0.1) is 24.1 Å². The number of benzene rings is 1. The number of nitrogens with zero attached hydrogens (tertiary/aromatic N) is 1. The van der Waals surface area contributed by atoms with Crippen molar-refractivity contribution in [3.8, 4) is 5.75 Å². The summed E-state index contributed by atoms with van der Waals surface area (Å²) in [5.74, 6) is 0.430. The lowest BCUT2D eigenvalue weighted by Gasteiger charge is -2.40. The number of nitrogens with one attached hydrogen (secondary N) is 2. The molecule has 8 nitrogen and oxygen atoms in total. The fraction of sp³-hybridized carbons (Fsp3) is 0.609. The molecule has 1 aromatic carbocycles. The van der Waals surface area contributed by atoms with E-state index in [1.165, 1.54) is 0 Å². The van der Waals surface area contributed by atoms with Crippen molar-refractivity contribution in [2.24, 2.45) is 11.1 Å². The van der Waals surface area contributed by atoms with Crippen LogP contribution >= 0.6 is 12.4 Å². The van der Waals surface area contributed by atoms with Crippen LogP contribution in [0.15, 0.2) is 18.2 Å². The molecule has 0 unspecified atom stereocenters. The van der Waals surface area contributed by atoms with Crippen molar-refractivity contribution >= 4 is 30.1 Å². The number of amides is 3. The van der Waals surface area contributed by atoms with Crippen molar-refractivity contribution in [1.29, 1.82) is 0 Å². The first-order valence-electron chi connectivity index (χ1n) is 11.2.